The molecule has 2 aromatic carbocycles. The zero-order chi connectivity index (χ0) is 30.0. The predicted molar refractivity (Wildman–Crippen MR) is 158 cm³/mol. The summed E-state index contributed by atoms with van der Waals surface area (Å²) in [6.07, 6.45) is 10.2. The summed E-state index contributed by atoms with van der Waals surface area (Å²) in [4.78, 5) is 50.6. The number of hydrazone groups is 1. The number of unbranched alkanes of at least 4 members (excludes halogenated alkanes) is 3. The van der Waals surface area contributed by atoms with Crippen LogP contribution in [-0.2, 0) is 30.5 Å². The van der Waals surface area contributed by atoms with E-state index in [0.717, 1.165) is 29.5 Å². The van der Waals surface area contributed by atoms with Gasteiger partial charge in [0.1, 0.15) is 6.10 Å². The number of hydrogen-bond donors (Lipinski definition) is 3. The number of esters is 1. The Morgan fingerprint density at radius 3 is 2.38 bits per heavy atom. The normalized spacial score (nSPS) is 17.2. The van der Waals surface area contributed by atoms with E-state index in [4.69, 9.17) is 9.94 Å². The molecule has 0 radical (unpaired) electrons. The molecule has 3 rings (SSSR count). The molecule has 3 N–H and O–H groups in total. The molecule has 0 saturated heterocycles. The summed E-state index contributed by atoms with van der Waals surface area (Å²) in [5.74, 6) is -0.930. The molecule has 2 aromatic rings. The number of cyclic esters (lactones) is 1. The lowest BCUT2D eigenvalue weighted by Crippen LogP contribution is -2.35. The summed E-state index contributed by atoms with van der Waals surface area (Å²) in [7, 11) is 0. The number of benzene rings is 2. The number of hydrogen-bond acceptors (Lipinski definition) is 7. The SMILES string of the molecule is O=C(CCCCCCC(=O)N/N=C/c1cccc(CN2C[C@@H](c3ccccc3)OC(=O)CC/C=C/CCC2=O)c1)NO. The van der Waals surface area contributed by atoms with Crippen LogP contribution in [0.15, 0.2) is 71.9 Å². The molecule has 1 atom stereocenters. The molecule has 0 fully saturated rings. The maximum Gasteiger partial charge on any atom is 0.306 e. The minimum Gasteiger partial charge on any atom is -0.456 e. The number of hydroxylamine groups is 1. The molecule has 224 valence electrons. The molecule has 1 aliphatic heterocycles. The molecule has 0 aliphatic carbocycles. The van der Waals surface area contributed by atoms with E-state index in [2.05, 4.69) is 10.5 Å². The Hall–Kier alpha value is -4.31. The highest BCUT2D eigenvalue weighted by atomic mass is 16.5. The standard InChI is InChI=1S/C32H40N4O6/c37-29(17-8-1-2-9-18-30(38)35-41)34-33-22-25-13-12-14-26(21-25)23-36-24-28(27-15-6-5-7-16-27)42-32(40)20-11-4-3-10-19-31(36)39/h3-7,12-16,21-22,28,41H,1-2,8-11,17-20,23-24H2,(H,34,37)(H,35,38)/b4-3+,33-22+/t28-/m0/s1. The lowest BCUT2D eigenvalue weighted by atomic mass is 10.1. The van der Waals surface area contributed by atoms with Crippen molar-refractivity contribution in [1.29, 1.82) is 0 Å². The van der Waals surface area contributed by atoms with Gasteiger partial charge in [-0.25, -0.2) is 10.9 Å². The van der Waals surface area contributed by atoms with E-state index in [1.165, 1.54) is 0 Å². The molecule has 0 unspecified atom stereocenters. The molecular weight excluding hydrogens is 536 g/mol. The molecule has 1 aliphatic rings. The van der Waals surface area contributed by atoms with E-state index in [1.807, 2.05) is 66.7 Å². The summed E-state index contributed by atoms with van der Waals surface area (Å²) in [6.45, 7) is 0.568. The second kappa shape index (κ2) is 18.2. The van der Waals surface area contributed by atoms with Crippen LogP contribution in [0, 0.1) is 0 Å². The second-order valence-electron chi connectivity index (χ2n) is 10.2. The molecule has 0 spiro atoms. The first-order valence-corrected chi connectivity index (χ1v) is 14.5. The number of nitrogens with one attached hydrogen (secondary N) is 2. The fourth-order valence-corrected chi connectivity index (χ4v) is 4.56. The number of ether oxygens (including phenoxy) is 1. The molecule has 3 amide bonds. The first-order chi connectivity index (χ1) is 20.4. The van der Waals surface area contributed by atoms with E-state index in [0.29, 0.717) is 45.1 Å². The van der Waals surface area contributed by atoms with Gasteiger partial charge in [0.25, 0.3) is 0 Å². The van der Waals surface area contributed by atoms with Crippen molar-refractivity contribution in [1.82, 2.24) is 15.8 Å². The monoisotopic (exact) mass is 576 g/mol. The topological polar surface area (TPSA) is 137 Å². The molecule has 42 heavy (non-hydrogen) atoms. The molecule has 1 heterocycles. The Morgan fingerprint density at radius 1 is 0.929 bits per heavy atom. The number of amides is 3. The van der Waals surface area contributed by atoms with Gasteiger partial charge in [-0.05, 0) is 48.4 Å². The summed E-state index contributed by atoms with van der Waals surface area (Å²) in [5.41, 5.74) is 6.63. The van der Waals surface area contributed by atoms with Gasteiger partial charge in [0.2, 0.25) is 17.7 Å². The van der Waals surface area contributed by atoms with Crippen LogP contribution < -0.4 is 10.9 Å². The maximum absolute atomic E-state index is 13.3. The van der Waals surface area contributed by atoms with Gasteiger partial charge in [-0.15, -0.1) is 0 Å². The predicted octanol–water partition coefficient (Wildman–Crippen LogP) is 4.73. The lowest BCUT2D eigenvalue weighted by molar-refractivity contribution is -0.152. The third-order valence-electron chi connectivity index (χ3n) is 6.80. The number of rotatable bonds is 12. The first kappa shape index (κ1) is 32.2. The molecular formula is C32H40N4O6. The molecule has 0 saturated carbocycles. The quantitative estimate of drug-likeness (QED) is 0.0835. The Kier molecular flexibility index (Phi) is 13.9. The number of allylic oxidation sites excluding steroid dienone is 2. The van der Waals surface area contributed by atoms with Crippen LogP contribution in [0.25, 0.3) is 0 Å². The van der Waals surface area contributed by atoms with Crippen molar-refractivity contribution in [3.05, 3.63) is 83.4 Å². The van der Waals surface area contributed by atoms with Crippen molar-refractivity contribution in [2.75, 3.05) is 6.54 Å². The van der Waals surface area contributed by atoms with Gasteiger partial charge in [0.05, 0.1) is 12.8 Å². The van der Waals surface area contributed by atoms with Gasteiger partial charge in [-0.2, -0.15) is 5.10 Å². The average molecular weight is 577 g/mol. The Labute approximate surface area is 246 Å². The molecule has 0 aromatic heterocycles. The van der Waals surface area contributed by atoms with Crippen molar-refractivity contribution < 1.29 is 29.1 Å². The Bertz CT molecular complexity index is 1230. The van der Waals surface area contributed by atoms with Crippen LogP contribution in [0.2, 0.25) is 0 Å². The Morgan fingerprint density at radius 2 is 1.64 bits per heavy atom. The van der Waals surface area contributed by atoms with Crippen molar-refractivity contribution in [3.63, 3.8) is 0 Å². The number of nitrogens with zero attached hydrogens (tertiary/aromatic N) is 2. The van der Waals surface area contributed by atoms with Gasteiger partial charge >= 0.3 is 5.97 Å². The minimum atomic E-state index is -0.578. The van der Waals surface area contributed by atoms with Crippen molar-refractivity contribution in [3.8, 4) is 0 Å². The van der Waals surface area contributed by atoms with Crippen molar-refractivity contribution >= 4 is 29.9 Å². The lowest BCUT2D eigenvalue weighted by Gasteiger charge is -2.28. The molecule has 10 heteroatoms. The molecule has 0 bridgehead atoms. The summed E-state index contributed by atoms with van der Waals surface area (Å²) in [5, 5.41) is 12.6. The zero-order valence-electron chi connectivity index (χ0n) is 23.9. The van der Waals surface area contributed by atoms with Crippen LogP contribution >= 0.6 is 0 Å². The highest BCUT2D eigenvalue weighted by Crippen LogP contribution is 2.23. The third-order valence-corrected chi connectivity index (χ3v) is 6.80. The van der Waals surface area contributed by atoms with Gasteiger partial charge in [0.15, 0.2) is 0 Å². The Balaban J connectivity index is 1.59. The highest BCUT2D eigenvalue weighted by molar-refractivity contribution is 5.82. The van der Waals surface area contributed by atoms with Crippen molar-refractivity contribution in [2.45, 2.75) is 76.9 Å². The van der Waals surface area contributed by atoms with Gasteiger partial charge < -0.3 is 9.64 Å². The van der Waals surface area contributed by atoms with E-state index in [9.17, 15) is 19.2 Å². The van der Waals surface area contributed by atoms with E-state index >= 15 is 0 Å². The van der Waals surface area contributed by atoms with Crippen molar-refractivity contribution in [2.24, 2.45) is 5.10 Å². The summed E-state index contributed by atoms with van der Waals surface area (Å²) >= 11 is 0. The first-order valence-electron chi connectivity index (χ1n) is 14.5. The van der Waals surface area contributed by atoms with E-state index in [1.54, 1.807) is 16.6 Å². The van der Waals surface area contributed by atoms with Crippen LogP contribution in [0.5, 0.6) is 0 Å². The third kappa shape index (κ3) is 12.1. The maximum atomic E-state index is 13.3. The van der Waals surface area contributed by atoms with Crippen LogP contribution in [0.1, 0.15) is 87.0 Å². The van der Waals surface area contributed by atoms with E-state index < -0.39 is 12.0 Å². The number of carbonyl (C=O) groups excluding carboxylic acids is 4. The fourth-order valence-electron chi connectivity index (χ4n) is 4.56. The van der Waals surface area contributed by atoms with Gasteiger partial charge in [0, 0.05) is 32.2 Å². The average Bonchev–Trinajstić information content (AvgIpc) is 2.99. The highest BCUT2D eigenvalue weighted by Gasteiger charge is 2.24. The van der Waals surface area contributed by atoms with E-state index in [-0.39, 0.29) is 37.2 Å². The fraction of sp³-hybridized carbons (Fsp3) is 0.406. The summed E-state index contributed by atoms with van der Waals surface area (Å²) < 4.78 is 5.83. The minimum absolute atomic E-state index is 0.0276. The van der Waals surface area contributed by atoms with Crippen LogP contribution in [0.4, 0.5) is 0 Å². The van der Waals surface area contributed by atoms with Gasteiger partial charge in [-0.1, -0.05) is 73.5 Å². The largest absolute Gasteiger partial charge is 0.456 e. The van der Waals surface area contributed by atoms with Crippen LogP contribution in [0.3, 0.4) is 0 Å². The second-order valence-corrected chi connectivity index (χ2v) is 10.2. The number of carbonyl (C=O) groups is 4. The zero-order valence-corrected chi connectivity index (χ0v) is 23.9. The molecule has 10 nitrogen and oxygen atoms in total. The van der Waals surface area contributed by atoms with Gasteiger partial charge in [-0.3, -0.25) is 24.4 Å². The van der Waals surface area contributed by atoms with Crippen LogP contribution in [-0.4, -0.2) is 46.6 Å². The summed E-state index contributed by atoms with van der Waals surface area (Å²) in [6, 6.07) is 17.0. The smallest absolute Gasteiger partial charge is 0.306 e.